The van der Waals surface area contributed by atoms with E-state index in [0.717, 1.165) is 32.2 Å². The lowest BCUT2D eigenvalue weighted by molar-refractivity contribution is -0.118. The van der Waals surface area contributed by atoms with Crippen LogP contribution < -0.4 is 5.32 Å². The lowest BCUT2D eigenvalue weighted by Gasteiger charge is -2.29. The third-order valence-electron chi connectivity index (χ3n) is 4.67. The number of amides is 1. The zero-order chi connectivity index (χ0) is 17.9. The van der Waals surface area contributed by atoms with Crippen molar-refractivity contribution < 1.29 is 18.3 Å². The predicted octanol–water partition coefficient (Wildman–Crippen LogP) is 0.866. The van der Waals surface area contributed by atoms with Crippen molar-refractivity contribution in [1.29, 1.82) is 0 Å². The van der Waals surface area contributed by atoms with Crippen molar-refractivity contribution in [3.63, 3.8) is 0 Å². The molecule has 0 bridgehead atoms. The van der Waals surface area contributed by atoms with E-state index >= 15 is 0 Å². The number of benzene rings is 1. The molecule has 2 saturated heterocycles. The van der Waals surface area contributed by atoms with Gasteiger partial charge in [0, 0.05) is 25.3 Å². The van der Waals surface area contributed by atoms with Crippen molar-refractivity contribution in [3.8, 4) is 0 Å². The van der Waals surface area contributed by atoms with Crippen LogP contribution in [0.4, 0.5) is 5.69 Å². The number of aliphatic hydroxyl groups is 1. The SMILES string of the molecule is O=C(CN1CCCC(O)C1)Nc1cccc(S(=O)(=O)N2CCCC2)c1. The minimum Gasteiger partial charge on any atom is -0.392 e. The van der Waals surface area contributed by atoms with Crippen LogP contribution in [0.3, 0.4) is 0 Å². The van der Waals surface area contributed by atoms with Gasteiger partial charge in [0.25, 0.3) is 0 Å². The highest BCUT2D eigenvalue weighted by molar-refractivity contribution is 7.89. The number of nitrogens with one attached hydrogen (secondary N) is 1. The Labute approximate surface area is 148 Å². The van der Waals surface area contributed by atoms with Gasteiger partial charge in [0.05, 0.1) is 17.5 Å². The molecule has 138 valence electrons. The average molecular weight is 367 g/mol. The second-order valence-electron chi connectivity index (χ2n) is 6.72. The zero-order valence-electron chi connectivity index (χ0n) is 14.2. The van der Waals surface area contributed by atoms with E-state index in [-0.39, 0.29) is 23.5 Å². The Hall–Kier alpha value is -1.48. The number of rotatable bonds is 5. The molecule has 2 N–H and O–H groups in total. The summed E-state index contributed by atoms with van der Waals surface area (Å²) in [7, 11) is -3.49. The van der Waals surface area contributed by atoms with E-state index in [1.165, 1.54) is 10.4 Å². The fourth-order valence-electron chi connectivity index (χ4n) is 3.39. The molecule has 1 atom stereocenters. The molecule has 0 saturated carbocycles. The van der Waals surface area contributed by atoms with Crippen molar-refractivity contribution in [3.05, 3.63) is 24.3 Å². The Bertz CT molecular complexity index is 716. The van der Waals surface area contributed by atoms with Gasteiger partial charge in [-0.25, -0.2) is 8.42 Å². The van der Waals surface area contributed by atoms with E-state index in [0.29, 0.717) is 25.3 Å². The first-order valence-electron chi connectivity index (χ1n) is 8.75. The van der Waals surface area contributed by atoms with Gasteiger partial charge in [0.1, 0.15) is 0 Å². The molecule has 1 amide bonds. The molecule has 0 radical (unpaired) electrons. The summed E-state index contributed by atoms with van der Waals surface area (Å²) >= 11 is 0. The van der Waals surface area contributed by atoms with Crippen LogP contribution in [0.25, 0.3) is 0 Å². The van der Waals surface area contributed by atoms with Crippen molar-refractivity contribution in [2.24, 2.45) is 0 Å². The number of aliphatic hydroxyl groups excluding tert-OH is 1. The lowest BCUT2D eigenvalue weighted by atomic mass is 10.1. The maximum Gasteiger partial charge on any atom is 0.243 e. The van der Waals surface area contributed by atoms with Crippen LogP contribution in [0.1, 0.15) is 25.7 Å². The van der Waals surface area contributed by atoms with Gasteiger partial charge in [-0.05, 0) is 50.4 Å². The fraction of sp³-hybridized carbons (Fsp3) is 0.588. The Morgan fingerprint density at radius 3 is 2.68 bits per heavy atom. The maximum absolute atomic E-state index is 12.6. The topological polar surface area (TPSA) is 90.0 Å². The number of hydrogen-bond acceptors (Lipinski definition) is 5. The first kappa shape index (κ1) is 18.3. The smallest absolute Gasteiger partial charge is 0.243 e. The second-order valence-corrected chi connectivity index (χ2v) is 8.66. The number of likely N-dealkylation sites (tertiary alicyclic amines) is 1. The molecule has 0 aliphatic carbocycles. The second kappa shape index (κ2) is 7.82. The average Bonchev–Trinajstić information content (AvgIpc) is 3.10. The summed E-state index contributed by atoms with van der Waals surface area (Å²) < 4.78 is 26.7. The van der Waals surface area contributed by atoms with Gasteiger partial charge >= 0.3 is 0 Å². The highest BCUT2D eigenvalue weighted by atomic mass is 32.2. The molecule has 2 heterocycles. The number of piperidine rings is 1. The Morgan fingerprint density at radius 1 is 1.20 bits per heavy atom. The third kappa shape index (κ3) is 4.58. The van der Waals surface area contributed by atoms with Crippen LogP contribution >= 0.6 is 0 Å². The number of nitrogens with zero attached hydrogens (tertiary/aromatic N) is 2. The van der Waals surface area contributed by atoms with Gasteiger partial charge in [-0.2, -0.15) is 4.31 Å². The van der Waals surface area contributed by atoms with Gasteiger partial charge < -0.3 is 10.4 Å². The lowest BCUT2D eigenvalue weighted by Crippen LogP contribution is -2.42. The molecule has 2 aliphatic rings. The first-order valence-corrected chi connectivity index (χ1v) is 10.2. The number of β-amino-alcohol motifs (C(OH)–C–C–N with tert-alkyl or cyclic N) is 1. The molecule has 1 aromatic carbocycles. The van der Waals surface area contributed by atoms with E-state index in [1.54, 1.807) is 18.2 Å². The zero-order valence-corrected chi connectivity index (χ0v) is 15.0. The van der Waals surface area contributed by atoms with E-state index in [2.05, 4.69) is 5.32 Å². The minimum atomic E-state index is -3.49. The maximum atomic E-state index is 12.6. The summed E-state index contributed by atoms with van der Waals surface area (Å²) in [5.41, 5.74) is 0.475. The molecular weight excluding hydrogens is 342 g/mol. The summed E-state index contributed by atoms with van der Waals surface area (Å²) in [6.45, 7) is 2.58. The van der Waals surface area contributed by atoms with Crippen LogP contribution in [-0.2, 0) is 14.8 Å². The number of hydrogen-bond donors (Lipinski definition) is 2. The van der Waals surface area contributed by atoms with Crippen LogP contribution in [-0.4, -0.2) is 67.5 Å². The summed E-state index contributed by atoms with van der Waals surface area (Å²) in [6, 6.07) is 6.40. The highest BCUT2D eigenvalue weighted by Crippen LogP contribution is 2.23. The molecule has 7 nitrogen and oxygen atoms in total. The molecule has 0 spiro atoms. The number of carbonyl (C=O) groups excluding carboxylic acids is 1. The standard InChI is InChI=1S/C17H25N3O4S/c21-15-6-4-8-19(12-15)13-17(22)18-14-5-3-7-16(11-14)25(23,24)20-9-1-2-10-20/h3,5,7,11,15,21H,1-2,4,6,8-10,12-13H2,(H,18,22). The minimum absolute atomic E-state index is 0.195. The van der Waals surface area contributed by atoms with Crippen LogP contribution in [0.5, 0.6) is 0 Å². The van der Waals surface area contributed by atoms with Crippen LogP contribution in [0.15, 0.2) is 29.2 Å². The molecule has 25 heavy (non-hydrogen) atoms. The van der Waals surface area contributed by atoms with Crippen LogP contribution in [0.2, 0.25) is 0 Å². The molecule has 1 unspecified atom stereocenters. The van der Waals surface area contributed by atoms with Crippen molar-refractivity contribution in [2.45, 2.75) is 36.7 Å². The van der Waals surface area contributed by atoms with Crippen molar-refractivity contribution in [2.75, 3.05) is 38.0 Å². The predicted molar refractivity (Wildman–Crippen MR) is 94.7 cm³/mol. The number of carbonyl (C=O) groups is 1. The first-order chi connectivity index (χ1) is 11.9. The summed E-state index contributed by atoms with van der Waals surface area (Å²) in [5.74, 6) is -0.204. The van der Waals surface area contributed by atoms with E-state index < -0.39 is 10.0 Å². The molecule has 1 aromatic rings. The molecular formula is C17H25N3O4S. The number of anilines is 1. The molecule has 3 rings (SSSR count). The third-order valence-corrected chi connectivity index (χ3v) is 6.56. The molecule has 2 aliphatic heterocycles. The van der Waals surface area contributed by atoms with Gasteiger partial charge in [0.2, 0.25) is 15.9 Å². The molecule has 8 heteroatoms. The Kier molecular flexibility index (Phi) is 5.73. The van der Waals surface area contributed by atoms with Gasteiger partial charge in [-0.1, -0.05) is 6.07 Å². The number of sulfonamides is 1. The summed E-state index contributed by atoms with van der Waals surface area (Å²) in [4.78, 5) is 14.3. The fourth-order valence-corrected chi connectivity index (χ4v) is 4.95. The Balaban J connectivity index is 1.64. The van der Waals surface area contributed by atoms with Gasteiger partial charge in [-0.15, -0.1) is 0 Å². The molecule has 0 aromatic heterocycles. The highest BCUT2D eigenvalue weighted by Gasteiger charge is 2.27. The van der Waals surface area contributed by atoms with E-state index in [4.69, 9.17) is 0 Å². The van der Waals surface area contributed by atoms with Crippen molar-refractivity contribution in [1.82, 2.24) is 9.21 Å². The van der Waals surface area contributed by atoms with E-state index in [9.17, 15) is 18.3 Å². The molecule has 2 fully saturated rings. The monoisotopic (exact) mass is 367 g/mol. The van der Waals surface area contributed by atoms with Crippen molar-refractivity contribution >= 4 is 21.6 Å². The van der Waals surface area contributed by atoms with Gasteiger partial charge in [0.15, 0.2) is 0 Å². The normalized spacial score (nSPS) is 22.8. The quantitative estimate of drug-likeness (QED) is 0.806. The summed E-state index contributed by atoms with van der Waals surface area (Å²) in [6.07, 6.45) is 3.04. The largest absolute Gasteiger partial charge is 0.392 e. The Morgan fingerprint density at radius 2 is 1.96 bits per heavy atom. The summed E-state index contributed by atoms with van der Waals surface area (Å²) in [5, 5.41) is 12.4. The van der Waals surface area contributed by atoms with E-state index in [1.807, 2.05) is 4.90 Å². The van der Waals surface area contributed by atoms with Gasteiger partial charge in [-0.3, -0.25) is 9.69 Å². The van der Waals surface area contributed by atoms with Crippen LogP contribution in [0, 0.1) is 0 Å².